The molecule has 4 aliphatic carbocycles. The molecule has 0 saturated carbocycles. The summed E-state index contributed by atoms with van der Waals surface area (Å²) in [7, 11) is 0. The van der Waals surface area contributed by atoms with E-state index in [1.165, 1.54) is 138 Å². The summed E-state index contributed by atoms with van der Waals surface area (Å²) in [5, 5.41) is 4.99. The van der Waals surface area contributed by atoms with Gasteiger partial charge in [-0.15, -0.1) is 0 Å². The maximum absolute atomic E-state index is 2.64. The van der Waals surface area contributed by atoms with Crippen LogP contribution in [0.2, 0.25) is 0 Å². The third kappa shape index (κ3) is 5.62. The molecule has 0 bridgehead atoms. The van der Waals surface area contributed by atoms with Gasteiger partial charge in [-0.25, -0.2) is 0 Å². The maximum Gasteiger partial charge on any atom is 0.0689 e. The molecule has 2 aliphatic heterocycles. The minimum absolute atomic E-state index is 0.000653. The molecule has 79 heavy (non-hydrogen) atoms. The first-order valence-corrected chi connectivity index (χ1v) is 28.3. The van der Waals surface area contributed by atoms with Crippen molar-refractivity contribution in [2.75, 3.05) is 4.90 Å². The van der Waals surface area contributed by atoms with E-state index in [-0.39, 0.29) is 16.9 Å². The van der Waals surface area contributed by atoms with Crippen molar-refractivity contribution in [2.24, 2.45) is 5.92 Å². The Bertz CT molecular complexity index is 4820. The molecule has 0 radical (unpaired) electrons. The molecular formula is C76H53N3. The smallest absolute Gasteiger partial charge is 0.0689 e. The van der Waals surface area contributed by atoms with Crippen LogP contribution in [-0.2, 0) is 10.8 Å². The number of allylic oxidation sites excluding steroid dienone is 6. The standard InChI is InChI=1S/C76H53N3/c1-75(2)65-29-15-16-31-72(65)79-71-38-34-48(41-57(71)55-25-17-30-66(75)74(55)79)49-33-37-69-59(42-49)61-44-56-54-24-11-14-28-64(54)76(62-26-12-9-22-52(62)53-23-10-13-27-63(53)76)67(56)45-73(61)78(69)51-35-39-70-60(43-51)58-40-47(46-18-5-3-6-19-46)32-36-68(58)77(70)50-20-7-4-8-21-50/h3-12,14-26,28-45,66,74H,13,27H2,1-2H3. The highest BCUT2D eigenvalue weighted by Crippen LogP contribution is 2.65. The summed E-state index contributed by atoms with van der Waals surface area (Å²) in [5.41, 5.74) is 29.6. The van der Waals surface area contributed by atoms with E-state index >= 15 is 0 Å². The molecule has 0 N–H and O–H groups in total. The van der Waals surface area contributed by atoms with Gasteiger partial charge in [-0.2, -0.15) is 0 Å². The fourth-order valence-electron chi connectivity index (χ4n) is 16.0. The van der Waals surface area contributed by atoms with Crippen LogP contribution in [0.15, 0.2) is 254 Å². The van der Waals surface area contributed by atoms with Crippen LogP contribution in [0.5, 0.6) is 0 Å². The van der Waals surface area contributed by atoms with Gasteiger partial charge in [0, 0.05) is 61.2 Å². The summed E-state index contributed by atoms with van der Waals surface area (Å²) in [5.74, 6) is 0.363. The monoisotopic (exact) mass is 1010 g/mol. The van der Waals surface area contributed by atoms with Gasteiger partial charge in [-0.1, -0.05) is 178 Å². The zero-order valence-electron chi connectivity index (χ0n) is 44.1. The molecule has 4 heterocycles. The number of fused-ring (bicyclic) bond motifs is 20. The first-order valence-electron chi connectivity index (χ1n) is 28.3. The van der Waals surface area contributed by atoms with Gasteiger partial charge >= 0.3 is 0 Å². The molecule has 3 atom stereocenters. The lowest BCUT2D eigenvalue weighted by molar-refractivity contribution is 0.341. The summed E-state index contributed by atoms with van der Waals surface area (Å²) in [6, 6.07) is 83.6. The first-order chi connectivity index (χ1) is 38.9. The summed E-state index contributed by atoms with van der Waals surface area (Å²) in [6.45, 7) is 4.87. The molecule has 2 aromatic heterocycles. The Kier molecular flexibility index (Phi) is 8.63. The first kappa shape index (κ1) is 43.6. The van der Waals surface area contributed by atoms with Crippen LogP contribution in [0.3, 0.4) is 0 Å². The molecule has 6 aliphatic rings. The molecule has 3 heteroatoms. The molecular weight excluding hydrogens is 955 g/mol. The largest absolute Gasteiger partial charge is 0.332 e. The lowest BCUT2D eigenvalue weighted by Gasteiger charge is -2.49. The van der Waals surface area contributed by atoms with Crippen molar-refractivity contribution in [2.45, 2.75) is 43.6 Å². The minimum atomic E-state index is -0.389. The van der Waals surface area contributed by atoms with Crippen molar-refractivity contribution in [1.82, 2.24) is 9.13 Å². The predicted molar refractivity (Wildman–Crippen MR) is 329 cm³/mol. The Balaban J connectivity index is 0.896. The fourth-order valence-corrected chi connectivity index (χ4v) is 16.0. The minimum Gasteiger partial charge on any atom is -0.332 e. The molecule has 12 aromatic rings. The number of hydrogen-bond acceptors (Lipinski definition) is 1. The maximum atomic E-state index is 2.64. The third-order valence-electron chi connectivity index (χ3n) is 19.4. The van der Waals surface area contributed by atoms with Crippen molar-refractivity contribution in [1.29, 1.82) is 0 Å². The Morgan fingerprint density at radius 3 is 1.82 bits per heavy atom. The zero-order valence-corrected chi connectivity index (χ0v) is 44.1. The number of para-hydroxylation sites is 2. The van der Waals surface area contributed by atoms with E-state index < -0.39 is 0 Å². The number of hydrogen-bond donors (Lipinski definition) is 0. The van der Waals surface area contributed by atoms with E-state index in [9.17, 15) is 0 Å². The van der Waals surface area contributed by atoms with Crippen molar-refractivity contribution in [3.63, 3.8) is 0 Å². The summed E-state index contributed by atoms with van der Waals surface area (Å²) >= 11 is 0. The Hall–Kier alpha value is -9.44. The molecule has 0 saturated heterocycles. The number of benzene rings is 10. The quantitative estimate of drug-likeness (QED) is 0.171. The molecule has 1 spiro atoms. The van der Waals surface area contributed by atoms with E-state index in [0.717, 1.165) is 24.2 Å². The van der Waals surface area contributed by atoms with Crippen LogP contribution >= 0.6 is 0 Å². The van der Waals surface area contributed by atoms with Gasteiger partial charge in [0.2, 0.25) is 0 Å². The van der Waals surface area contributed by atoms with Gasteiger partial charge in [0.25, 0.3) is 0 Å². The highest BCUT2D eigenvalue weighted by atomic mass is 15.2. The molecule has 0 fully saturated rings. The van der Waals surface area contributed by atoms with E-state index in [1.807, 2.05) is 0 Å². The summed E-state index contributed by atoms with van der Waals surface area (Å²) in [4.78, 5) is 2.64. The predicted octanol–water partition coefficient (Wildman–Crippen LogP) is 19.0. The Labute approximate surface area is 459 Å². The average molecular weight is 1010 g/mol. The lowest BCUT2D eigenvalue weighted by Crippen LogP contribution is -2.48. The normalized spacial score (nSPS) is 19.5. The van der Waals surface area contributed by atoms with Gasteiger partial charge in [0.15, 0.2) is 0 Å². The lowest BCUT2D eigenvalue weighted by atomic mass is 9.64. The average Bonchev–Trinajstić information content (AvgIpc) is 3.46. The molecule has 10 aromatic carbocycles. The number of anilines is 2. The van der Waals surface area contributed by atoms with Gasteiger partial charge in [0.05, 0.1) is 33.5 Å². The van der Waals surface area contributed by atoms with Crippen LogP contribution in [0.1, 0.15) is 60.1 Å². The number of aromatic nitrogens is 2. The second-order valence-electron chi connectivity index (χ2n) is 23.4. The fraction of sp³-hybridized carbons (Fsp3) is 0.105. The topological polar surface area (TPSA) is 13.1 Å². The zero-order chi connectivity index (χ0) is 51.9. The van der Waals surface area contributed by atoms with Crippen molar-refractivity contribution in [3.05, 3.63) is 288 Å². The molecule has 0 amide bonds. The van der Waals surface area contributed by atoms with E-state index in [1.54, 1.807) is 0 Å². The summed E-state index contributed by atoms with van der Waals surface area (Å²) in [6.07, 6.45) is 14.0. The number of nitrogens with zero attached hydrogens (tertiary/aromatic N) is 3. The van der Waals surface area contributed by atoms with Gasteiger partial charge in [-0.05, 0) is 176 Å². The van der Waals surface area contributed by atoms with Gasteiger partial charge < -0.3 is 14.0 Å². The van der Waals surface area contributed by atoms with E-state index in [4.69, 9.17) is 0 Å². The van der Waals surface area contributed by atoms with E-state index in [2.05, 4.69) is 277 Å². The van der Waals surface area contributed by atoms with Crippen LogP contribution in [0, 0.1) is 5.92 Å². The van der Waals surface area contributed by atoms with Crippen LogP contribution in [0.4, 0.5) is 11.4 Å². The van der Waals surface area contributed by atoms with E-state index in [0.29, 0.717) is 5.92 Å². The second kappa shape index (κ2) is 15.6. The van der Waals surface area contributed by atoms with Gasteiger partial charge in [0.1, 0.15) is 0 Å². The highest BCUT2D eigenvalue weighted by Gasteiger charge is 2.54. The number of rotatable bonds is 4. The SMILES string of the molecule is CC1(C)c2ccccc2N2c3ccc(-c4ccc5c(c4)c4cc6c(cc4n5-c4ccc5c(c4)c4cc(-c7ccccc7)ccc4n5-c4ccccc4)C4(C5=C(C=CCC5)c5ccccc54)c4ccccc4-6)cc3C3=CC=CC1C32. The Morgan fingerprint density at radius 1 is 0.430 bits per heavy atom. The molecule has 3 unspecified atom stereocenters. The second-order valence-corrected chi connectivity index (χ2v) is 23.4. The van der Waals surface area contributed by atoms with Gasteiger partial charge in [-0.3, -0.25) is 0 Å². The molecule has 3 nitrogen and oxygen atoms in total. The van der Waals surface area contributed by atoms with Crippen LogP contribution < -0.4 is 4.90 Å². The van der Waals surface area contributed by atoms with Crippen molar-refractivity contribution in [3.8, 4) is 44.8 Å². The highest BCUT2D eigenvalue weighted by molar-refractivity contribution is 6.15. The Morgan fingerprint density at radius 2 is 1.04 bits per heavy atom. The third-order valence-corrected chi connectivity index (χ3v) is 19.4. The van der Waals surface area contributed by atoms with Crippen molar-refractivity contribution >= 4 is 66.1 Å². The van der Waals surface area contributed by atoms with Crippen molar-refractivity contribution < 1.29 is 0 Å². The molecule has 372 valence electrons. The molecule has 18 rings (SSSR count). The van der Waals surface area contributed by atoms with Crippen LogP contribution in [-0.4, -0.2) is 15.2 Å². The summed E-state index contributed by atoms with van der Waals surface area (Å²) < 4.78 is 5.03. The van der Waals surface area contributed by atoms with Crippen LogP contribution in [0.25, 0.3) is 99.5 Å².